The van der Waals surface area contributed by atoms with Crippen molar-refractivity contribution in [2.45, 2.75) is 32.4 Å². The van der Waals surface area contributed by atoms with Crippen molar-refractivity contribution in [2.75, 3.05) is 51.3 Å². The van der Waals surface area contributed by atoms with E-state index in [0.29, 0.717) is 31.9 Å². The fourth-order valence-electron chi connectivity index (χ4n) is 4.55. The van der Waals surface area contributed by atoms with E-state index in [1.807, 2.05) is 60.4 Å². The Morgan fingerprint density at radius 2 is 1.82 bits per heavy atom. The molecule has 1 fully saturated rings. The lowest BCUT2D eigenvalue weighted by atomic mass is 10.1. The Hall–Kier alpha value is -2.90. The lowest BCUT2D eigenvalue weighted by Gasteiger charge is -2.27. The van der Waals surface area contributed by atoms with E-state index in [9.17, 15) is 9.59 Å². The standard InChI is InChI=1S/C26H34N4O3/c1-2-33-19-7-17-30-24(22-8-3-4-9-23(22)26(30)32)28-21-12-10-20(11-13-21)25(31)27-14-18-29-15-5-6-16-29/h3-4,8-13,24,28H,2,5-7,14-19H2,1H3,(H,27,31). The number of likely N-dealkylation sites (tertiary alicyclic amines) is 1. The van der Waals surface area contributed by atoms with Crippen LogP contribution in [0, 0.1) is 0 Å². The maximum atomic E-state index is 13.0. The summed E-state index contributed by atoms with van der Waals surface area (Å²) in [5.74, 6) is -0.0201. The topological polar surface area (TPSA) is 73.9 Å². The highest BCUT2D eigenvalue weighted by Crippen LogP contribution is 2.34. The molecule has 0 radical (unpaired) electrons. The van der Waals surface area contributed by atoms with Crippen LogP contribution in [0.2, 0.25) is 0 Å². The van der Waals surface area contributed by atoms with Gasteiger partial charge in [-0.15, -0.1) is 0 Å². The van der Waals surface area contributed by atoms with E-state index in [-0.39, 0.29) is 18.0 Å². The Kier molecular flexibility index (Phi) is 7.96. The molecule has 1 atom stereocenters. The van der Waals surface area contributed by atoms with Gasteiger partial charge in [-0.3, -0.25) is 9.59 Å². The number of nitrogens with one attached hydrogen (secondary N) is 2. The Balaban J connectivity index is 1.37. The summed E-state index contributed by atoms with van der Waals surface area (Å²) in [6.07, 6.45) is 3.05. The van der Waals surface area contributed by atoms with Gasteiger partial charge in [-0.1, -0.05) is 18.2 Å². The molecule has 2 heterocycles. The van der Waals surface area contributed by atoms with Crippen LogP contribution < -0.4 is 10.6 Å². The molecule has 7 nitrogen and oxygen atoms in total. The fraction of sp³-hybridized carbons (Fsp3) is 0.462. The Labute approximate surface area is 196 Å². The van der Waals surface area contributed by atoms with Gasteiger partial charge in [0.25, 0.3) is 11.8 Å². The van der Waals surface area contributed by atoms with Gasteiger partial charge >= 0.3 is 0 Å². The summed E-state index contributed by atoms with van der Waals surface area (Å²) < 4.78 is 5.45. The average Bonchev–Trinajstić information content (AvgIpc) is 3.45. The van der Waals surface area contributed by atoms with Crippen LogP contribution in [-0.2, 0) is 4.74 Å². The average molecular weight is 451 g/mol. The zero-order valence-corrected chi connectivity index (χ0v) is 19.4. The van der Waals surface area contributed by atoms with E-state index < -0.39 is 0 Å². The predicted molar refractivity (Wildman–Crippen MR) is 129 cm³/mol. The second-order valence-electron chi connectivity index (χ2n) is 8.57. The molecule has 2 aliphatic rings. The summed E-state index contributed by atoms with van der Waals surface area (Å²) in [6.45, 7) is 7.72. The number of ether oxygens (including phenoxy) is 1. The molecule has 33 heavy (non-hydrogen) atoms. The molecular formula is C26H34N4O3. The zero-order chi connectivity index (χ0) is 23.0. The van der Waals surface area contributed by atoms with Crippen molar-refractivity contribution in [3.8, 4) is 0 Å². The highest BCUT2D eigenvalue weighted by molar-refractivity contribution is 5.99. The SMILES string of the molecule is CCOCCCN1C(=O)c2ccccc2C1Nc1ccc(C(=O)NCCN2CCCC2)cc1. The minimum absolute atomic E-state index is 0.0357. The van der Waals surface area contributed by atoms with Gasteiger partial charge in [-0.2, -0.15) is 0 Å². The van der Waals surface area contributed by atoms with Crippen molar-refractivity contribution in [3.05, 3.63) is 65.2 Å². The van der Waals surface area contributed by atoms with Crippen molar-refractivity contribution in [3.63, 3.8) is 0 Å². The number of carbonyl (C=O) groups is 2. The summed E-state index contributed by atoms with van der Waals surface area (Å²) >= 11 is 0. The van der Waals surface area contributed by atoms with E-state index in [2.05, 4.69) is 15.5 Å². The first-order chi connectivity index (χ1) is 16.2. The van der Waals surface area contributed by atoms with Crippen molar-refractivity contribution in [1.82, 2.24) is 15.1 Å². The van der Waals surface area contributed by atoms with Gasteiger partial charge < -0.3 is 25.2 Å². The van der Waals surface area contributed by atoms with Gasteiger partial charge in [0.15, 0.2) is 0 Å². The molecule has 1 unspecified atom stereocenters. The number of amides is 2. The molecule has 0 bridgehead atoms. The molecule has 0 spiro atoms. The summed E-state index contributed by atoms with van der Waals surface area (Å²) in [4.78, 5) is 29.7. The first-order valence-electron chi connectivity index (χ1n) is 12.0. The van der Waals surface area contributed by atoms with Crippen LogP contribution in [0.4, 0.5) is 5.69 Å². The molecule has 4 rings (SSSR count). The third-order valence-corrected chi connectivity index (χ3v) is 6.31. The normalized spacial score (nSPS) is 17.9. The first-order valence-corrected chi connectivity index (χ1v) is 12.0. The van der Waals surface area contributed by atoms with Crippen molar-refractivity contribution < 1.29 is 14.3 Å². The lowest BCUT2D eigenvalue weighted by Crippen LogP contribution is -2.34. The number of hydrogen-bond donors (Lipinski definition) is 2. The Morgan fingerprint density at radius 3 is 2.58 bits per heavy atom. The smallest absolute Gasteiger partial charge is 0.256 e. The van der Waals surface area contributed by atoms with Crippen LogP contribution in [0.3, 0.4) is 0 Å². The van der Waals surface area contributed by atoms with Crippen LogP contribution in [-0.4, -0.2) is 67.6 Å². The number of rotatable bonds is 11. The number of anilines is 1. The minimum Gasteiger partial charge on any atom is -0.382 e. The van der Waals surface area contributed by atoms with Gasteiger partial charge in [0.2, 0.25) is 0 Å². The monoisotopic (exact) mass is 450 g/mol. The summed E-state index contributed by atoms with van der Waals surface area (Å²) in [7, 11) is 0. The second-order valence-corrected chi connectivity index (χ2v) is 8.57. The molecule has 0 aliphatic carbocycles. The summed E-state index contributed by atoms with van der Waals surface area (Å²) in [5, 5.41) is 6.50. The largest absolute Gasteiger partial charge is 0.382 e. The third-order valence-electron chi connectivity index (χ3n) is 6.31. The third kappa shape index (κ3) is 5.72. The van der Waals surface area contributed by atoms with Crippen LogP contribution in [0.25, 0.3) is 0 Å². The van der Waals surface area contributed by atoms with E-state index in [0.717, 1.165) is 42.9 Å². The van der Waals surface area contributed by atoms with Crippen LogP contribution >= 0.6 is 0 Å². The highest BCUT2D eigenvalue weighted by atomic mass is 16.5. The van der Waals surface area contributed by atoms with Crippen LogP contribution in [0.15, 0.2) is 48.5 Å². The molecule has 176 valence electrons. The molecule has 7 heteroatoms. The second kappa shape index (κ2) is 11.3. The number of hydrogen-bond acceptors (Lipinski definition) is 5. The minimum atomic E-state index is -0.240. The van der Waals surface area contributed by atoms with E-state index in [1.165, 1.54) is 12.8 Å². The number of fused-ring (bicyclic) bond motifs is 1. The predicted octanol–water partition coefficient (Wildman–Crippen LogP) is 3.51. The maximum Gasteiger partial charge on any atom is 0.256 e. The van der Waals surface area contributed by atoms with Gasteiger partial charge in [0, 0.05) is 55.2 Å². The van der Waals surface area contributed by atoms with Gasteiger partial charge in [0.1, 0.15) is 6.17 Å². The fourth-order valence-corrected chi connectivity index (χ4v) is 4.55. The molecule has 1 saturated heterocycles. The van der Waals surface area contributed by atoms with Crippen molar-refractivity contribution >= 4 is 17.5 Å². The summed E-state index contributed by atoms with van der Waals surface area (Å²) in [6, 6.07) is 15.2. The molecule has 2 amide bonds. The molecular weight excluding hydrogens is 416 g/mol. The van der Waals surface area contributed by atoms with E-state index in [4.69, 9.17) is 4.74 Å². The van der Waals surface area contributed by atoms with Crippen molar-refractivity contribution in [1.29, 1.82) is 0 Å². The Bertz CT molecular complexity index is 941. The zero-order valence-electron chi connectivity index (χ0n) is 19.4. The quantitative estimate of drug-likeness (QED) is 0.513. The molecule has 0 aromatic heterocycles. The Morgan fingerprint density at radius 1 is 1.06 bits per heavy atom. The van der Waals surface area contributed by atoms with Gasteiger partial charge in [-0.05, 0) is 69.6 Å². The first kappa shape index (κ1) is 23.3. The van der Waals surface area contributed by atoms with Gasteiger partial charge in [-0.25, -0.2) is 0 Å². The van der Waals surface area contributed by atoms with Crippen LogP contribution in [0.5, 0.6) is 0 Å². The highest BCUT2D eigenvalue weighted by Gasteiger charge is 2.36. The van der Waals surface area contributed by atoms with E-state index in [1.54, 1.807) is 0 Å². The number of carbonyl (C=O) groups excluding carboxylic acids is 2. The van der Waals surface area contributed by atoms with Crippen LogP contribution in [0.1, 0.15) is 58.6 Å². The number of nitrogens with zero attached hydrogens (tertiary/aromatic N) is 2. The molecule has 2 aliphatic heterocycles. The molecule has 2 aromatic rings. The molecule has 2 N–H and O–H groups in total. The lowest BCUT2D eigenvalue weighted by molar-refractivity contribution is 0.0708. The van der Waals surface area contributed by atoms with Crippen molar-refractivity contribution in [2.24, 2.45) is 0 Å². The van der Waals surface area contributed by atoms with Gasteiger partial charge in [0.05, 0.1) is 0 Å². The summed E-state index contributed by atoms with van der Waals surface area (Å²) in [5.41, 5.74) is 3.22. The van der Waals surface area contributed by atoms with E-state index >= 15 is 0 Å². The molecule has 0 saturated carbocycles. The molecule has 2 aromatic carbocycles. The number of benzene rings is 2. The maximum absolute atomic E-state index is 13.0.